The van der Waals surface area contributed by atoms with Gasteiger partial charge in [-0.15, -0.1) is 0 Å². The minimum absolute atomic E-state index is 0.113. The van der Waals surface area contributed by atoms with Gasteiger partial charge < -0.3 is 5.11 Å². The zero-order valence-corrected chi connectivity index (χ0v) is 9.36. The summed E-state index contributed by atoms with van der Waals surface area (Å²) in [6.45, 7) is 0. The van der Waals surface area contributed by atoms with Gasteiger partial charge in [0.15, 0.2) is 5.82 Å². The summed E-state index contributed by atoms with van der Waals surface area (Å²) < 4.78 is 0. The Balaban J connectivity index is 2.11. The van der Waals surface area contributed by atoms with E-state index in [1.165, 1.54) is 0 Å². The van der Waals surface area contributed by atoms with E-state index in [0.29, 0.717) is 10.7 Å². The van der Waals surface area contributed by atoms with Crippen molar-refractivity contribution in [1.82, 2.24) is 9.97 Å². The zero-order valence-electron chi connectivity index (χ0n) is 8.54. The number of thiazole rings is 1. The quantitative estimate of drug-likeness (QED) is 0.804. The Kier molecular flexibility index (Phi) is 2.15. The van der Waals surface area contributed by atoms with E-state index in [-0.39, 0.29) is 10.8 Å². The summed E-state index contributed by atoms with van der Waals surface area (Å²) in [4.78, 5) is 21.8. The average Bonchev–Trinajstić information content (AvgIpc) is 2.85. The van der Waals surface area contributed by atoms with E-state index in [1.807, 2.05) is 12.1 Å². The molecule has 5 nitrogen and oxygen atoms in total. The van der Waals surface area contributed by atoms with Gasteiger partial charge in [-0.2, -0.15) is 0 Å². The minimum atomic E-state index is -0.282. The Morgan fingerprint density at radius 3 is 3.12 bits per heavy atom. The van der Waals surface area contributed by atoms with Crippen molar-refractivity contribution in [1.29, 1.82) is 0 Å². The number of aromatic hydroxyl groups is 1. The van der Waals surface area contributed by atoms with Crippen LogP contribution in [-0.4, -0.2) is 21.3 Å². The largest absolute Gasteiger partial charge is 0.493 e. The number of aromatic amines is 1. The van der Waals surface area contributed by atoms with E-state index in [9.17, 15) is 9.90 Å². The second-order valence-electron chi connectivity index (χ2n) is 3.46. The van der Waals surface area contributed by atoms with Gasteiger partial charge >= 0.3 is 4.87 Å². The Morgan fingerprint density at radius 2 is 2.35 bits per heavy atom. The van der Waals surface area contributed by atoms with Gasteiger partial charge in [0.25, 0.3) is 0 Å². The molecule has 0 amide bonds. The van der Waals surface area contributed by atoms with Crippen LogP contribution in [0.15, 0.2) is 28.1 Å². The molecule has 0 spiro atoms. The second kappa shape index (κ2) is 3.67. The number of H-pyrrole nitrogens is 1. The number of fused-ring (bicyclic) bond motifs is 1. The van der Waals surface area contributed by atoms with Crippen molar-refractivity contribution in [2.75, 3.05) is 0 Å². The van der Waals surface area contributed by atoms with E-state index in [4.69, 9.17) is 0 Å². The molecule has 0 fully saturated rings. The highest BCUT2D eigenvalue weighted by molar-refractivity contribution is 7.10. The summed E-state index contributed by atoms with van der Waals surface area (Å²) in [5.41, 5.74) is 1.73. The van der Waals surface area contributed by atoms with Crippen LogP contribution in [-0.2, 0) is 0 Å². The molecule has 0 radical (unpaired) electrons. The smallest absolute Gasteiger partial charge is 0.307 e. The van der Waals surface area contributed by atoms with Crippen LogP contribution in [0.4, 0.5) is 5.82 Å². The fraction of sp³-hybridized carbons (Fsp3) is 0. The van der Waals surface area contributed by atoms with E-state index < -0.39 is 0 Å². The van der Waals surface area contributed by atoms with E-state index in [1.54, 1.807) is 18.5 Å². The molecule has 0 bridgehead atoms. The molecule has 84 valence electrons. The van der Waals surface area contributed by atoms with Crippen LogP contribution < -0.4 is 4.87 Å². The van der Waals surface area contributed by atoms with E-state index in [0.717, 1.165) is 22.5 Å². The van der Waals surface area contributed by atoms with Crippen LogP contribution in [0.1, 0.15) is 10.4 Å². The molecule has 2 N–H and O–H groups in total. The summed E-state index contributed by atoms with van der Waals surface area (Å²) in [5.74, 6) is 0.541. The molecule has 0 unspecified atom stereocenters. The molecule has 0 saturated carbocycles. The number of hydrogen-bond donors (Lipinski definition) is 2. The molecule has 0 atom stereocenters. The molecule has 2 aromatic rings. The summed E-state index contributed by atoms with van der Waals surface area (Å²) in [6, 6.07) is 3.72. The van der Waals surface area contributed by atoms with Crippen LogP contribution in [0.5, 0.6) is 5.88 Å². The fourth-order valence-electron chi connectivity index (χ4n) is 1.61. The molecule has 3 heterocycles. The number of hydrogen-bond acceptors (Lipinski definition) is 5. The normalized spacial score (nSPS) is 15.4. The number of rotatable bonds is 1. The van der Waals surface area contributed by atoms with Gasteiger partial charge in [0.05, 0.1) is 4.88 Å². The van der Waals surface area contributed by atoms with Gasteiger partial charge in [-0.3, -0.25) is 9.78 Å². The Morgan fingerprint density at radius 1 is 1.47 bits per heavy atom. The maximum absolute atomic E-state index is 11.1. The Bertz CT molecular complexity index is 697. The molecule has 3 rings (SSSR count). The number of aromatic nitrogens is 2. The van der Waals surface area contributed by atoms with Gasteiger partial charge in [0.2, 0.25) is 5.88 Å². The number of nitrogens with zero attached hydrogens (tertiary/aromatic N) is 2. The predicted molar refractivity (Wildman–Crippen MR) is 66.9 cm³/mol. The lowest BCUT2D eigenvalue weighted by atomic mass is 10.1. The predicted octanol–water partition coefficient (Wildman–Crippen LogP) is 1.79. The number of pyridine rings is 1. The molecule has 0 aliphatic carbocycles. The van der Waals surface area contributed by atoms with Gasteiger partial charge in [-0.05, 0) is 18.2 Å². The van der Waals surface area contributed by atoms with Gasteiger partial charge in [0.1, 0.15) is 0 Å². The number of allylic oxidation sites excluding steroid dienone is 1. The lowest BCUT2D eigenvalue weighted by Crippen LogP contribution is -1.89. The average molecular weight is 245 g/mol. The zero-order chi connectivity index (χ0) is 11.8. The lowest BCUT2D eigenvalue weighted by Gasteiger charge is -1.96. The fourth-order valence-corrected chi connectivity index (χ4v) is 2.29. The van der Waals surface area contributed by atoms with Crippen LogP contribution in [0.3, 0.4) is 0 Å². The van der Waals surface area contributed by atoms with Crippen LogP contribution >= 0.6 is 11.3 Å². The Labute approximate surface area is 99.8 Å². The molecular formula is C11H7N3O2S. The molecule has 2 aromatic heterocycles. The first-order chi connectivity index (χ1) is 8.24. The summed E-state index contributed by atoms with van der Waals surface area (Å²) in [6.07, 6.45) is 5.06. The van der Waals surface area contributed by atoms with Crippen molar-refractivity contribution in [3.63, 3.8) is 0 Å². The highest BCUT2D eigenvalue weighted by Gasteiger charge is 2.14. The third-order valence-corrected chi connectivity index (χ3v) is 3.19. The molecule has 0 saturated heterocycles. The van der Waals surface area contributed by atoms with Crippen LogP contribution in [0, 0.1) is 0 Å². The van der Waals surface area contributed by atoms with Gasteiger partial charge in [0, 0.05) is 23.5 Å². The lowest BCUT2D eigenvalue weighted by molar-refractivity contribution is 0.455. The first-order valence-electron chi connectivity index (χ1n) is 4.87. The van der Waals surface area contributed by atoms with E-state index in [2.05, 4.69) is 15.0 Å². The standard InChI is InChI=1S/C11H7N3O2S/c15-10-8(17-11(16)14-10)4-6-5-13-9-7(6)2-1-3-12-9/h1-5,15H,(H,14,16). The van der Waals surface area contributed by atoms with Crippen LogP contribution in [0.2, 0.25) is 0 Å². The Hall–Kier alpha value is -2.21. The maximum atomic E-state index is 11.1. The third-order valence-electron chi connectivity index (χ3n) is 2.37. The number of nitrogens with one attached hydrogen (secondary N) is 1. The molecule has 6 heteroatoms. The van der Waals surface area contributed by atoms with Crippen molar-refractivity contribution in [3.05, 3.63) is 38.4 Å². The number of aliphatic imine (C=N–C) groups is 1. The second-order valence-corrected chi connectivity index (χ2v) is 4.47. The van der Waals surface area contributed by atoms with Gasteiger partial charge in [-0.1, -0.05) is 11.3 Å². The first kappa shape index (κ1) is 9.98. The summed E-state index contributed by atoms with van der Waals surface area (Å²) in [7, 11) is 0. The minimum Gasteiger partial charge on any atom is -0.493 e. The van der Waals surface area contributed by atoms with E-state index >= 15 is 0 Å². The van der Waals surface area contributed by atoms with Crippen molar-refractivity contribution in [2.45, 2.75) is 0 Å². The van der Waals surface area contributed by atoms with Crippen molar-refractivity contribution < 1.29 is 5.11 Å². The highest BCUT2D eigenvalue weighted by Crippen LogP contribution is 2.31. The molecule has 17 heavy (non-hydrogen) atoms. The van der Waals surface area contributed by atoms with Crippen LogP contribution in [0.25, 0.3) is 11.6 Å². The SMILES string of the molecule is O=c1[nH]c(O)c(C=C2C=Nc3ncccc32)s1. The highest BCUT2D eigenvalue weighted by atomic mass is 32.1. The first-order valence-corrected chi connectivity index (χ1v) is 5.69. The third kappa shape index (κ3) is 1.68. The molecule has 0 aromatic carbocycles. The van der Waals surface area contributed by atoms with Crippen molar-refractivity contribution in [2.24, 2.45) is 4.99 Å². The van der Waals surface area contributed by atoms with Crippen molar-refractivity contribution >= 4 is 35.0 Å². The molecule has 1 aliphatic heterocycles. The maximum Gasteiger partial charge on any atom is 0.307 e. The molecule has 1 aliphatic rings. The van der Waals surface area contributed by atoms with Gasteiger partial charge in [-0.25, -0.2) is 9.98 Å². The van der Waals surface area contributed by atoms with Crippen molar-refractivity contribution in [3.8, 4) is 5.88 Å². The summed E-state index contributed by atoms with van der Waals surface area (Å²) in [5, 5.41) is 9.49. The molecular weight excluding hydrogens is 238 g/mol. The monoisotopic (exact) mass is 245 g/mol. The summed E-state index contributed by atoms with van der Waals surface area (Å²) >= 11 is 0.956. The topological polar surface area (TPSA) is 78.3 Å².